The van der Waals surface area contributed by atoms with Crippen molar-refractivity contribution in [2.24, 2.45) is 7.05 Å². The van der Waals surface area contributed by atoms with E-state index in [9.17, 15) is 13.2 Å². The first-order chi connectivity index (χ1) is 8.24. The lowest BCUT2D eigenvalue weighted by Crippen LogP contribution is -2.35. The van der Waals surface area contributed by atoms with E-state index in [0.717, 1.165) is 10.2 Å². The SMILES string of the molecule is Cc1nn(C)c(CN(CCCl)CC(F)(F)F)c1Br. The van der Waals surface area contributed by atoms with Crippen LogP contribution in [-0.4, -0.2) is 39.8 Å². The molecule has 0 radical (unpaired) electrons. The standard InChI is InChI=1S/C10H14BrClF3N3/c1-7-9(11)8(17(2)16-7)5-18(4-3-12)6-10(13,14)15/h3-6H2,1-2H3. The highest BCUT2D eigenvalue weighted by Gasteiger charge is 2.31. The molecule has 0 bridgehead atoms. The first-order valence-corrected chi connectivity index (χ1v) is 6.60. The Hall–Kier alpha value is -0.270. The van der Waals surface area contributed by atoms with Gasteiger partial charge in [-0.05, 0) is 22.9 Å². The van der Waals surface area contributed by atoms with Crippen molar-refractivity contribution in [1.82, 2.24) is 14.7 Å². The van der Waals surface area contributed by atoms with Gasteiger partial charge in [0.15, 0.2) is 0 Å². The number of alkyl halides is 4. The summed E-state index contributed by atoms with van der Waals surface area (Å²) in [6.07, 6.45) is -4.23. The van der Waals surface area contributed by atoms with Gasteiger partial charge in [-0.1, -0.05) is 0 Å². The Morgan fingerprint density at radius 2 is 2.06 bits per heavy atom. The molecule has 0 aliphatic heterocycles. The van der Waals surface area contributed by atoms with E-state index in [0.29, 0.717) is 5.69 Å². The Morgan fingerprint density at radius 1 is 1.44 bits per heavy atom. The molecule has 18 heavy (non-hydrogen) atoms. The summed E-state index contributed by atoms with van der Waals surface area (Å²) in [5.74, 6) is 0.157. The summed E-state index contributed by atoms with van der Waals surface area (Å²) in [4.78, 5) is 1.26. The molecule has 0 atom stereocenters. The fourth-order valence-electron chi connectivity index (χ4n) is 1.65. The van der Waals surface area contributed by atoms with Gasteiger partial charge in [0.1, 0.15) is 0 Å². The Bertz CT molecular complexity index is 406. The van der Waals surface area contributed by atoms with E-state index >= 15 is 0 Å². The van der Waals surface area contributed by atoms with Crippen molar-refractivity contribution >= 4 is 27.5 Å². The van der Waals surface area contributed by atoms with Gasteiger partial charge in [0, 0.05) is 26.0 Å². The molecule has 3 nitrogen and oxygen atoms in total. The van der Waals surface area contributed by atoms with Crippen LogP contribution in [0.4, 0.5) is 13.2 Å². The molecule has 1 aromatic rings. The van der Waals surface area contributed by atoms with Gasteiger partial charge in [0.2, 0.25) is 0 Å². The van der Waals surface area contributed by atoms with Gasteiger partial charge in [-0.25, -0.2) is 0 Å². The zero-order valence-electron chi connectivity index (χ0n) is 10.1. The maximum absolute atomic E-state index is 12.4. The molecule has 1 aromatic heterocycles. The average Bonchev–Trinajstić information content (AvgIpc) is 2.43. The molecule has 0 N–H and O–H groups in total. The van der Waals surface area contributed by atoms with Crippen molar-refractivity contribution in [1.29, 1.82) is 0 Å². The van der Waals surface area contributed by atoms with Crippen molar-refractivity contribution in [2.45, 2.75) is 19.6 Å². The van der Waals surface area contributed by atoms with E-state index in [-0.39, 0.29) is 19.0 Å². The molecule has 8 heteroatoms. The Morgan fingerprint density at radius 3 is 2.44 bits per heavy atom. The molecule has 0 unspecified atom stereocenters. The zero-order chi connectivity index (χ0) is 13.9. The molecule has 1 heterocycles. The van der Waals surface area contributed by atoms with E-state index in [4.69, 9.17) is 11.6 Å². The molecule has 0 amide bonds. The fourth-order valence-corrected chi connectivity index (χ4v) is 2.35. The van der Waals surface area contributed by atoms with Crippen molar-refractivity contribution in [2.75, 3.05) is 19.0 Å². The van der Waals surface area contributed by atoms with Crippen LogP contribution < -0.4 is 0 Å². The quantitative estimate of drug-likeness (QED) is 0.763. The van der Waals surface area contributed by atoms with E-state index in [1.54, 1.807) is 18.7 Å². The minimum atomic E-state index is -4.23. The predicted molar refractivity (Wildman–Crippen MR) is 67.7 cm³/mol. The summed E-state index contributed by atoms with van der Waals surface area (Å²) >= 11 is 8.87. The molecule has 0 aliphatic rings. The molecule has 0 fully saturated rings. The molecule has 0 aliphatic carbocycles. The number of nitrogens with zero attached hydrogens (tertiary/aromatic N) is 3. The summed E-state index contributed by atoms with van der Waals surface area (Å²) in [6.45, 7) is 1.15. The number of aryl methyl sites for hydroxylation is 2. The van der Waals surface area contributed by atoms with Crippen molar-refractivity contribution < 1.29 is 13.2 Å². The maximum atomic E-state index is 12.4. The minimum Gasteiger partial charge on any atom is -0.288 e. The van der Waals surface area contributed by atoms with Gasteiger partial charge in [0.25, 0.3) is 0 Å². The highest BCUT2D eigenvalue weighted by atomic mass is 79.9. The Balaban J connectivity index is 2.83. The highest BCUT2D eigenvalue weighted by molar-refractivity contribution is 9.10. The second-order valence-corrected chi connectivity index (χ2v) is 5.16. The molecule has 0 aromatic carbocycles. The summed E-state index contributed by atoms with van der Waals surface area (Å²) in [6, 6.07) is 0. The van der Waals surface area contributed by atoms with Crippen LogP contribution in [0.1, 0.15) is 11.4 Å². The Kier molecular flexibility index (Phi) is 5.48. The summed E-state index contributed by atoms with van der Waals surface area (Å²) < 4.78 is 39.6. The number of halogens is 5. The number of hydrogen-bond donors (Lipinski definition) is 0. The first kappa shape index (κ1) is 15.8. The van der Waals surface area contributed by atoms with Gasteiger partial charge < -0.3 is 0 Å². The van der Waals surface area contributed by atoms with Crippen molar-refractivity contribution in [3.63, 3.8) is 0 Å². The van der Waals surface area contributed by atoms with Crippen LogP contribution >= 0.6 is 27.5 Å². The maximum Gasteiger partial charge on any atom is 0.401 e. The van der Waals surface area contributed by atoms with Crippen LogP contribution in [0.3, 0.4) is 0 Å². The third-order valence-electron chi connectivity index (χ3n) is 2.44. The van der Waals surface area contributed by atoms with Gasteiger partial charge in [0.05, 0.1) is 22.4 Å². The highest BCUT2D eigenvalue weighted by Crippen LogP contribution is 2.23. The third-order valence-corrected chi connectivity index (χ3v) is 3.64. The lowest BCUT2D eigenvalue weighted by Gasteiger charge is -2.22. The number of aromatic nitrogens is 2. The van der Waals surface area contributed by atoms with E-state index in [1.807, 2.05) is 0 Å². The lowest BCUT2D eigenvalue weighted by atomic mass is 10.3. The molecular weight excluding hydrogens is 334 g/mol. The lowest BCUT2D eigenvalue weighted by molar-refractivity contribution is -0.146. The first-order valence-electron chi connectivity index (χ1n) is 5.27. The van der Waals surface area contributed by atoms with E-state index in [2.05, 4.69) is 21.0 Å². The van der Waals surface area contributed by atoms with Crippen molar-refractivity contribution in [3.05, 3.63) is 15.9 Å². The minimum absolute atomic E-state index is 0.157. The van der Waals surface area contributed by atoms with Gasteiger partial charge in [-0.2, -0.15) is 18.3 Å². The number of hydrogen-bond acceptors (Lipinski definition) is 2. The largest absolute Gasteiger partial charge is 0.401 e. The molecule has 0 saturated heterocycles. The fraction of sp³-hybridized carbons (Fsp3) is 0.700. The summed E-state index contributed by atoms with van der Waals surface area (Å²) in [5, 5.41) is 4.15. The van der Waals surface area contributed by atoms with E-state index < -0.39 is 12.7 Å². The van der Waals surface area contributed by atoms with Gasteiger partial charge in [-0.15, -0.1) is 11.6 Å². The van der Waals surface area contributed by atoms with Crippen LogP contribution in [-0.2, 0) is 13.6 Å². The summed E-state index contributed by atoms with van der Waals surface area (Å²) in [7, 11) is 1.71. The zero-order valence-corrected chi connectivity index (χ0v) is 12.4. The second-order valence-electron chi connectivity index (χ2n) is 3.98. The smallest absolute Gasteiger partial charge is 0.288 e. The van der Waals surface area contributed by atoms with Crippen LogP contribution in [0.2, 0.25) is 0 Å². The monoisotopic (exact) mass is 347 g/mol. The Labute approximate surface area is 117 Å². The summed E-state index contributed by atoms with van der Waals surface area (Å²) in [5.41, 5.74) is 1.46. The molecule has 0 saturated carbocycles. The molecule has 1 rings (SSSR count). The molecule has 104 valence electrons. The molecule has 0 spiro atoms. The number of rotatable bonds is 5. The average molecular weight is 349 g/mol. The van der Waals surface area contributed by atoms with Crippen molar-refractivity contribution in [3.8, 4) is 0 Å². The topological polar surface area (TPSA) is 21.1 Å². The predicted octanol–water partition coefficient (Wildman–Crippen LogP) is 3.09. The second kappa shape index (κ2) is 6.25. The molecular formula is C10H14BrClF3N3. The van der Waals surface area contributed by atoms with Gasteiger partial charge >= 0.3 is 6.18 Å². The van der Waals surface area contributed by atoms with Crippen LogP contribution in [0.25, 0.3) is 0 Å². The van der Waals surface area contributed by atoms with Crippen LogP contribution in [0.15, 0.2) is 4.47 Å². The normalized spacial score (nSPS) is 12.4. The van der Waals surface area contributed by atoms with Gasteiger partial charge in [-0.3, -0.25) is 9.58 Å². The van der Waals surface area contributed by atoms with Crippen LogP contribution in [0, 0.1) is 6.92 Å². The van der Waals surface area contributed by atoms with Crippen LogP contribution in [0.5, 0.6) is 0 Å². The van der Waals surface area contributed by atoms with E-state index in [1.165, 1.54) is 4.90 Å². The third kappa shape index (κ3) is 4.44.